The highest BCUT2D eigenvalue weighted by Gasteiger charge is 2.16. The second kappa shape index (κ2) is 4.82. The summed E-state index contributed by atoms with van der Waals surface area (Å²) in [7, 11) is 1.78. The lowest BCUT2D eigenvalue weighted by atomic mass is 10.1. The highest BCUT2D eigenvalue weighted by molar-refractivity contribution is 5.94. The van der Waals surface area contributed by atoms with Crippen LogP contribution in [0, 0.1) is 5.92 Å². The third kappa shape index (κ3) is 2.72. The minimum absolute atomic E-state index is 0.0523. The lowest BCUT2D eigenvalue weighted by Gasteiger charge is -2.21. The van der Waals surface area contributed by atoms with E-state index in [1.54, 1.807) is 18.0 Å². The summed E-state index contributed by atoms with van der Waals surface area (Å²) in [6.07, 6.45) is 0.853. The van der Waals surface area contributed by atoms with Crippen molar-refractivity contribution in [2.75, 3.05) is 17.7 Å². The van der Waals surface area contributed by atoms with Crippen LogP contribution in [0.1, 0.15) is 20.3 Å². The molecule has 1 aromatic rings. The molecule has 3 nitrogen and oxygen atoms in total. The van der Waals surface area contributed by atoms with E-state index in [1.165, 1.54) is 0 Å². The molecule has 0 heterocycles. The number of nitrogens with zero attached hydrogens (tertiary/aromatic N) is 1. The van der Waals surface area contributed by atoms with Crippen LogP contribution in [0.2, 0.25) is 0 Å². The van der Waals surface area contributed by atoms with Crippen LogP contribution in [-0.4, -0.2) is 13.0 Å². The van der Waals surface area contributed by atoms with E-state index < -0.39 is 0 Å². The van der Waals surface area contributed by atoms with Crippen LogP contribution >= 0.6 is 0 Å². The van der Waals surface area contributed by atoms with Gasteiger partial charge in [0.1, 0.15) is 0 Å². The lowest BCUT2D eigenvalue weighted by molar-refractivity contribution is -0.121. The number of rotatable bonds is 3. The van der Waals surface area contributed by atoms with E-state index >= 15 is 0 Å². The fourth-order valence-electron chi connectivity index (χ4n) is 1.37. The van der Waals surface area contributed by atoms with Gasteiger partial charge in [0.25, 0.3) is 0 Å². The summed E-state index contributed by atoms with van der Waals surface area (Å²) in [5.41, 5.74) is 7.19. The van der Waals surface area contributed by atoms with Gasteiger partial charge in [-0.15, -0.1) is 0 Å². The highest BCUT2D eigenvalue weighted by Crippen LogP contribution is 2.18. The van der Waals surface area contributed by atoms with Gasteiger partial charge >= 0.3 is 0 Å². The zero-order valence-corrected chi connectivity index (χ0v) is 9.53. The van der Waals surface area contributed by atoms with E-state index in [0.29, 0.717) is 5.69 Å². The van der Waals surface area contributed by atoms with Crippen molar-refractivity contribution in [3.8, 4) is 0 Å². The SMILES string of the molecule is CCC(C)C(=O)N(C)c1cccc(N)c1. The second-order valence-electron chi connectivity index (χ2n) is 3.80. The molecule has 82 valence electrons. The van der Waals surface area contributed by atoms with Crippen LogP contribution in [0.15, 0.2) is 24.3 Å². The van der Waals surface area contributed by atoms with Crippen molar-refractivity contribution in [3.05, 3.63) is 24.3 Å². The van der Waals surface area contributed by atoms with Crippen LogP contribution in [-0.2, 0) is 4.79 Å². The van der Waals surface area contributed by atoms with Crippen molar-refractivity contribution in [3.63, 3.8) is 0 Å². The molecule has 1 unspecified atom stereocenters. The van der Waals surface area contributed by atoms with Gasteiger partial charge in [-0.3, -0.25) is 4.79 Å². The van der Waals surface area contributed by atoms with Gasteiger partial charge in [-0.05, 0) is 24.6 Å². The molecule has 0 radical (unpaired) electrons. The minimum Gasteiger partial charge on any atom is -0.399 e. The maximum absolute atomic E-state index is 11.9. The van der Waals surface area contributed by atoms with Gasteiger partial charge in [0.2, 0.25) is 5.91 Å². The average molecular weight is 206 g/mol. The van der Waals surface area contributed by atoms with Crippen LogP contribution in [0.25, 0.3) is 0 Å². The first-order chi connectivity index (χ1) is 7.06. The second-order valence-corrected chi connectivity index (χ2v) is 3.80. The maximum Gasteiger partial charge on any atom is 0.229 e. The molecule has 1 rings (SSSR count). The lowest BCUT2D eigenvalue weighted by Crippen LogP contribution is -2.31. The number of benzene rings is 1. The largest absolute Gasteiger partial charge is 0.399 e. The van der Waals surface area contributed by atoms with Gasteiger partial charge in [0.15, 0.2) is 0 Å². The molecule has 0 aliphatic heterocycles. The Labute approximate surface area is 90.9 Å². The van der Waals surface area contributed by atoms with Crippen molar-refractivity contribution >= 4 is 17.3 Å². The van der Waals surface area contributed by atoms with E-state index in [1.807, 2.05) is 32.0 Å². The number of carbonyl (C=O) groups excluding carboxylic acids is 1. The number of hydrogen-bond acceptors (Lipinski definition) is 2. The quantitative estimate of drug-likeness (QED) is 0.771. The number of hydrogen-bond donors (Lipinski definition) is 1. The fraction of sp³-hybridized carbons (Fsp3) is 0.417. The normalized spacial score (nSPS) is 12.2. The van der Waals surface area contributed by atoms with E-state index in [4.69, 9.17) is 5.73 Å². The number of amides is 1. The predicted octanol–water partition coefficient (Wildman–Crippen LogP) is 2.28. The predicted molar refractivity (Wildman–Crippen MR) is 63.7 cm³/mol. The van der Waals surface area contributed by atoms with Crippen LogP contribution < -0.4 is 10.6 Å². The Hall–Kier alpha value is -1.51. The fourth-order valence-corrected chi connectivity index (χ4v) is 1.37. The van der Waals surface area contributed by atoms with Gasteiger partial charge < -0.3 is 10.6 Å². The first-order valence-corrected chi connectivity index (χ1v) is 5.19. The van der Waals surface area contributed by atoms with Crippen molar-refractivity contribution in [2.24, 2.45) is 5.92 Å². The summed E-state index contributed by atoms with van der Waals surface area (Å²) >= 11 is 0. The molecule has 0 aromatic heterocycles. The Bertz CT molecular complexity index is 349. The zero-order valence-electron chi connectivity index (χ0n) is 9.53. The third-order valence-electron chi connectivity index (χ3n) is 2.62. The van der Waals surface area contributed by atoms with Crippen molar-refractivity contribution in [1.82, 2.24) is 0 Å². The molecule has 1 amide bonds. The highest BCUT2D eigenvalue weighted by atomic mass is 16.2. The first kappa shape index (κ1) is 11.6. The monoisotopic (exact) mass is 206 g/mol. The molecule has 0 aliphatic rings. The topological polar surface area (TPSA) is 46.3 Å². The smallest absolute Gasteiger partial charge is 0.229 e. The van der Waals surface area contributed by atoms with E-state index in [-0.39, 0.29) is 11.8 Å². The zero-order chi connectivity index (χ0) is 11.4. The summed E-state index contributed by atoms with van der Waals surface area (Å²) in [5.74, 6) is 0.180. The van der Waals surface area contributed by atoms with Crippen molar-refractivity contribution in [1.29, 1.82) is 0 Å². The summed E-state index contributed by atoms with van der Waals surface area (Å²) < 4.78 is 0. The molecular weight excluding hydrogens is 188 g/mol. The minimum atomic E-state index is 0.0523. The molecule has 0 fully saturated rings. The third-order valence-corrected chi connectivity index (χ3v) is 2.62. The maximum atomic E-state index is 11.9. The van der Waals surface area contributed by atoms with Crippen LogP contribution in [0.4, 0.5) is 11.4 Å². The molecule has 15 heavy (non-hydrogen) atoms. The Balaban J connectivity index is 2.85. The van der Waals surface area contributed by atoms with Crippen LogP contribution in [0.5, 0.6) is 0 Å². The molecule has 0 saturated heterocycles. The van der Waals surface area contributed by atoms with Gasteiger partial charge in [-0.1, -0.05) is 19.9 Å². The molecule has 0 aliphatic carbocycles. The number of nitrogen functional groups attached to an aromatic ring is 1. The molecule has 0 spiro atoms. The molecule has 0 saturated carbocycles. The summed E-state index contributed by atoms with van der Waals surface area (Å²) in [6.45, 7) is 3.95. The number of carbonyl (C=O) groups is 1. The Morgan fingerprint density at radius 2 is 2.20 bits per heavy atom. The Morgan fingerprint density at radius 1 is 1.53 bits per heavy atom. The molecule has 2 N–H and O–H groups in total. The Morgan fingerprint density at radius 3 is 2.73 bits per heavy atom. The summed E-state index contributed by atoms with van der Waals surface area (Å²) in [4.78, 5) is 13.5. The molecule has 1 atom stereocenters. The standard InChI is InChI=1S/C12H18N2O/c1-4-9(2)12(15)14(3)11-7-5-6-10(13)8-11/h5-9H,4,13H2,1-3H3. The van der Waals surface area contributed by atoms with Gasteiger partial charge in [0.05, 0.1) is 0 Å². The molecule has 3 heteroatoms. The van der Waals surface area contributed by atoms with E-state index in [0.717, 1.165) is 12.1 Å². The van der Waals surface area contributed by atoms with Gasteiger partial charge in [0, 0.05) is 24.3 Å². The van der Waals surface area contributed by atoms with E-state index in [9.17, 15) is 4.79 Å². The molecular formula is C12H18N2O. The first-order valence-electron chi connectivity index (χ1n) is 5.19. The summed E-state index contributed by atoms with van der Waals surface area (Å²) in [5, 5.41) is 0. The number of anilines is 2. The van der Waals surface area contributed by atoms with Gasteiger partial charge in [-0.25, -0.2) is 0 Å². The van der Waals surface area contributed by atoms with Crippen LogP contribution in [0.3, 0.4) is 0 Å². The average Bonchev–Trinajstić information content (AvgIpc) is 2.26. The van der Waals surface area contributed by atoms with E-state index in [2.05, 4.69) is 0 Å². The Kier molecular flexibility index (Phi) is 3.72. The molecule has 1 aromatic carbocycles. The summed E-state index contributed by atoms with van der Waals surface area (Å²) in [6, 6.07) is 7.35. The van der Waals surface area contributed by atoms with Crippen molar-refractivity contribution in [2.45, 2.75) is 20.3 Å². The van der Waals surface area contributed by atoms with Gasteiger partial charge in [-0.2, -0.15) is 0 Å². The molecule has 0 bridgehead atoms. The number of nitrogens with two attached hydrogens (primary N) is 1. The van der Waals surface area contributed by atoms with Crippen molar-refractivity contribution < 1.29 is 4.79 Å².